The molecule has 1 rings (SSSR count). The molecule has 0 saturated heterocycles. The molecule has 0 radical (unpaired) electrons. The molecule has 1 aromatic rings. The second-order valence-electron chi connectivity index (χ2n) is 7.22. The number of aliphatic carboxylic acids is 3. The number of hydrogen-bond donors (Lipinski definition) is 3. The summed E-state index contributed by atoms with van der Waals surface area (Å²) in [5, 5.41) is 28.9. The van der Waals surface area contributed by atoms with Gasteiger partial charge in [-0.15, -0.1) is 0 Å². The van der Waals surface area contributed by atoms with Crippen LogP contribution in [0.5, 0.6) is 0 Å². The standard InChI is InChI=1S/C24H30O6/c1-4-6-14-24(17(3)21(25)26,15-19(5-2)22(27)28)16-20(23(29)30)13-12-18-10-8-7-9-11-18/h7-11,15-16H,3-6,12-14H2,1-2H3,(H,25,26)(H,27,28)(H,29,30). The van der Waals surface area contributed by atoms with Crippen LogP contribution in [0.2, 0.25) is 0 Å². The zero-order valence-corrected chi connectivity index (χ0v) is 17.6. The highest BCUT2D eigenvalue weighted by Gasteiger charge is 2.35. The SMILES string of the molecule is C=C(C(=O)O)C(C=C(CC)C(=O)O)(C=C(CCc1ccccc1)C(=O)O)CCCC. The first-order valence-corrected chi connectivity index (χ1v) is 10.0. The predicted molar refractivity (Wildman–Crippen MR) is 115 cm³/mol. The molecule has 0 saturated carbocycles. The third kappa shape index (κ3) is 7.03. The van der Waals surface area contributed by atoms with E-state index < -0.39 is 23.3 Å². The Morgan fingerprint density at radius 1 is 0.933 bits per heavy atom. The van der Waals surface area contributed by atoms with E-state index in [4.69, 9.17) is 0 Å². The van der Waals surface area contributed by atoms with E-state index in [2.05, 4.69) is 6.58 Å². The van der Waals surface area contributed by atoms with Gasteiger partial charge in [-0.3, -0.25) is 0 Å². The fraction of sp³-hybridized carbons (Fsp3) is 0.375. The Labute approximate surface area is 177 Å². The fourth-order valence-corrected chi connectivity index (χ4v) is 3.28. The molecule has 30 heavy (non-hydrogen) atoms. The summed E-state index contributed by atoms with van der Waals surface area (Å²) >= 11 is 0. The van der Waals surface area contributed by atoms with Crippen LogP contribution in [0.3, 0.4) is 0 Å². The van der Waals surface area contributed by atoms with Crippen LogP contribution in [0.15, 0.2) is 65.8 Å². The third-order valence-corrected chi connectivity index (χ3v) is 5.08. The van der Waals surface area contributed by atoms with Crippen LogP contribution in [0.25, 0.3) is 0 Å². The summed E-state index contributed by atoms with van der Waals surface area (Å²) in [5.74, 6) is -3.61. The predicted octanol–water partition coefficient (Wildman–Crippen LogP) is 4.87. The van der Waals surface area contributed by atoms with E-state index in [1.54, 1.807) is 6.92 Å². The van der Waals surface area contributed by atoms with Crippen molar-refractivity contribution in [1.82, 2.24) is 0 Å². The van der Waals surface area contributed by atoms with Crippen LogP contribution < -0.4 is 0 Å². The van der Waals surface area contributed by atoms with E-state index in [-0.39, 0.29) is 36.0 Å². The molecule has 0 heterocycles. The van der Waals surface area contributed by atoms with Gasteiger partial charge in [-0.25, -0.2) is 14.4 Å². The Morgan fingerprint density at radius 3 is 1.97 bits per heavy atom. The van der Waals surface area contributed by atoms with Crippen molar-refractivity contribution in [2.45, 2.75) is 52.4 Å². The molecular weight excluding hydrogens is 384 g/mol. The van der Waals surface area contributed by atoms with Crippen molar-refractivity contribution < 1.29 is 29.7 Å². The van der Waals surface area contributed by atoms with Crippen molar-refractivity contribution in [3.63, 3.8) is 0 Å². The Balaban J connectivity index is 3.56. The molecule has 0 aromatic heterocycles. The minimum absolute atomic E-state index is 0.0255. The van der Waals surface area contributed by atoms with Crippen LogP contribution in [0.1, 0.15) is 51.5 Å². The summed E-state index contributed by atoms with van der Waals surface area (Å²) in [6.45, 7) is 7.26. The van der Waals surface area contributed by atoms with Gasteiger partial charge in [-0.05, 0) is 31.2 Å². The van der Waals surface area contributed by atoms with Gasteiger partial charge in [0.25, 0.3) is 0 Å². The van der Waals surface area contributed by atoms with Crippen LogP contribution in [-0.4, -0.2) is 33.2 Å². The molecule has 162 valence electrons. The summed E-state index contributed by atoms with van der Waals surface area (Å²) in [5.41, 5.74) is -0.611. The van der Waals surface area contributed by atoms with E-state index in [1.807, 2.05) is 37.3 Å². The summed E-state index contributed by atoms with van der Waals surface area (Å²) in [7, 11) is 0. The highest BCUT2D eigenvalue weighted by Crippen LogP contribution is 2.39. The average molecular weight is 414 g/mol. The largest absolute Gasteiger partial charge is 0.478 e. The summed E-state index contributed by atoms with van der Waals surface area (Å²) in [6.07, 6.45) is 5.16. The number of allylic oxidation sites excluding steroid dienone is 2. The quantitative estimate of drug-likeness (QED) is 0.397. The molecule has 0 amide bonds. The molecule has 6 nitrogen and oxygen atoms in total. The summed E-state index contributed by atoms with van der Waals surface area (Å²) < 4.78 is 0. The number of benzene rings is 1. The lowest BCUT2D eigenvalue weighted by atomic mass is 9.73. The summed E-state index contributed by atoms with van der Waals surface area (Å²) in [6, 6.07) is 9.37. The normalized spacial score (nSPS) is 14.1. The lowest BCUT2D eigenvalue weighted by molar-refractivity contribution is -0.134. The lowest BCUT2D eigenvalue weighted by Gasteiger charge is -2.29. The first-order chi connectivity index (χ1) is 14.2. The van der Waals surface area contributed by atoms with Crippen LogP contribution in [0, 0.1) is 5.41 Å². The molecule has 0 aliphatic rings. The molecule has 6 heteroatoms. The molecule has 0 fully saturated rings. The lowest BCUT2D eigenvalue weighted by Crippen LogP contribution is -2.26. The number of carbonyl (C=O) groups is 3. The van der Waals surface area contributed by atoms with E-state index in [1.165, 1.54) is 12.2 Å². The molecule has 1 atom stereocenters. The zero-order chi connectivity index (χ0) is 22.7. The van der Waals surface area contributed by atoms with Gasteiger partial charge in [0, 0.05) is 22.1 Å². The average Bonchev–Trinajstić information content (AvgIpc) is 2.72. The molecule has 1 aromatic carbocycles. The van der Waals surface area contributed by atoms with Crippen molar-refractivity contribution in [2.75, 3.05) is 0 Å². The number of carboxylic acid groups (broad SMARTS) is 3. The van der Waals surface area contributed by atoms with Crippen molar-refractivity contribution in [2.24, 2.45) is 5.41 Å². The van der Waals surface area contributed by atoms with Crippen LogP contribution >= 0.6 is 0 Å². The topological polar surface area (TPSA) is 112 Å². The molecule has 3 N–H and O–H groups in total. The van der Waals surface area contributed by atoms with Crippen molar-refractivity contribution in [3.8, 4) is 0 Å². The highest BCUT2D eigenvalue weighted by atomic mass is 16.4. The fourth-order valence-electron chi connectivity index (χ4n) is 3.28. The van der Waals surface area contributed by atoms with E-state index in [0.29, 0.717) is 12.8 Å². The smallest absolute Gasteiger partial charge is 0.332 e. The number of aryl methyl sites for hydroxylation is 1. The van der Waals surface area contributed by atoms with E-state index >= 15 is 0 Å². The van der Waals surface area contributed by atoms with E-state index in [0.717, 1.165) is 12.0 Å². The molecule has 0 aliphatic heterocycles. The van der Waals surface area contributed by atoms with Gasteiger partial charge in [-0.1, -0.05) is 75.8 Å². The minimum atomic E-state index is -1.39. The zero-order valence-electron chi connectivity index (χ0n) is 17.6. The molecule has 0 bridgehead atoms. The Hall–Kier alpha value is -3.15. The molecule has 0 aliphatic carbocycles. The van der Waals surface area contributed by atoms with Gasteiger partial charge in [0.1, 0.15) is 0 Å². The Morgan fingerprint density at radius 2 is 1.50 bits per heavy atom. The van der Waals surface area contributed by atoms with Gasteiger partial charge < -0.3 is 15.3 Å². The number of rotatable bonds is 13. The van der Waals surface area contributed by atoms with Gasteiger partial charge >= 0.3 is 17.9 Å². The van der Waals surface area contributed by atoms with Crippen molar-refractivity contribution in [3.05, 3.63) is 71.3 Å². The number of unbranched alkanes of at least 4 members (excludes halogenated alkanes) is 1. The molecule has 1 unspecified atom stereocenters. The van der Waals surface area contributed by atoms with Gasteiger partial charge in [-0.2, -0.15) is 0 Å². The Bertz CT molecular complexity index is 835. The van der Waals surface area contributed by atoms with Crippen molar-refractivity contribution in [1.29, 1.82) is 0 Å². The second-order valence-corrected chi connectivity index (χ2v) is 7.22. The van der Waals surface area contributed by atoms with Gasteiger partial charge in [0.2, 0.25) is 0 Å². The van der Waals surface area contributed by atoms with E-state index in [9.17, 15) is 29.7 Å². The van der Waals surface area contributed by atoms with Gasteiger partial charge in [0.15, 0.2) is 0 Å². The maximum Gasteiger partial charge on any atom is 0.332 e. The minimum Gasteiger partial charge on any atom is -0.478 e. The second kappa shape index (κ2) is 11.8. The number of carboxylic acids is 3. The first-order valence-electron chi connectivity index (χ1n) is 10.0. The maximum atomic E-state index is 12.0. The van der Waals surface area contributed by atoms with Crippen molar-refractivity contribution >= 4 is 17.9 Å². The monoisotopic (exact) mass is 414 g/mol. The number of hydrogen-bond acceptors (Lipinski definition) is 3. The Kier molecular flexibility index (Phi) is 9.75. The first kappa shape index (κ1) is 24.9. The van der Waals surface area contributed by atoms with Crippen LogP contribution in [0.4, 0.5) is 0 Å². The van der Waals surface area contributed by atoms with Crippen LogP contribution in [-0.2, 0) is 20.8 Å². The summed E-state index contributed by atoms with van der Waals surface area (Å²) in [4.78, 5) is 35.4. The molecular formula is C24H30O6. The van der Waals surface area contributed by atoms with Gasteiger partial charge in [0.05, 0.1) is 0 Å². The third-order valence-electron chi connectivity index (χ3n) is 5.08. The molecule has 0 spiro atoms. The highest BCUT2D eigenvalue weighted by molar-refractivity contribution is 5.92. The maximum absolute atomic E-state index is 12.0.